The lowest BCUT2D eigenvalue weighted by Crippen LogP contribution is -2.06. The Hall–Kier alpha value is -2.43. The molecular weight excluding hydrogens is 271 g/mol. The number of nitrogens with two attached hydrogens (primary N) is 1. The predicted octanol–water partition coefficient (Wildman–Crippen LogP) is 3.95. The van der Waals surface area contributed by atoms with Gasteiger partial charge in [0.05, 0.1) is 13.2 Å². The van der Waals surface area contributed by atoms with Gasteiger partial charge in [-0.25, -0.2) is 4.39 Å². The number of hydrogen-bond donors (Lipinski definition) is 2. The van der Waals surface area contributed by atoms with E-state index in [1.54, 1.807) is 24.3 Å². The van der Waals surface area contributed by atoms with E-state index in [-0.39, 0.29) is 11.9 Å². The lowest BCUT2D eigenvalue weighted by Gasteiger charge is -2.14. The van der Waals surface area contributed by atoms with Crippen molar-refractivity contribution in [3.05, 3.63) is 42.2 Å². The van der Waals surface area contributed by atoms with Gasteiger partial charge in [0.1, 0.15) is 5.75 Å². The van der Waals surface area contributed by atoms with E-state index in [0.29, 0.717) is 17.1 Å². The molecule has 0 aliphatic rings. The third-order valence-corrected chi connectivity index (χ3v) is 2.74. The number of nitrogens with one attached hydrogen (secondary N) is 1. The van der Waals surface area contributed by atoms with Gasteiger partial charge in [-0.3, -0.25) is 0 Å². The van der Waals surface area contributed by atoms with E-state index in [9.17, 15) is 4.39 Å². The lowest BCUT2D eigenvalue weighted by atomic mass is 10.2. The van der Waals surface area contributed by atoms with Crippen molar-refractivity contribution in [2.75, 3.05) is 18.2 Å². The van der Waals surface area contributed by atoms with Gasteiger partial charge < -0.3 is 20.5 Å². The molecule has 0 fully saturated rings. The first-order valence-corrected chi connectivity index (χ1v) is 6.65. The van der Waals surface area contributed by atoms with Gasteiger partial charge in [-0.1, -0.05) is 0 Å². The summed E-state index contributed by atoms with van der Waals surface area (Å²) < 4.78 is 24.0. The second-order valence-corrected chi connectivity index (χ2v) is 4.93. The predicted molar refractivity (Wildman–Crippen MR) is 82.9 cm³/mol. The fourth-order valence-corrected chi connectivity index (χ4v) is 1.94. The molecule has 0 aliphatic heterocycles. The first-order chi connectivity index (χ1) is 9.97. The minimum absolute atomic E-state index is 0.0607. The number of rotatable bonds is 5. The van der Waals surface area contributed by atoms with Crippen LogP contribution in [0.5, 0.6) is 11.5 Å². The van der Waals surface area contributed by atoms with Crippen LogP contribution in [-0.4, -0.2) is 13.2 Å². The number of benzene rings is 2. The second kappa shape index (κ2) is 6.35. The minimum atomic E-state index is -0.403. The van der Waals surface area contributed by atoms with Crippen molar-refractivity contribution in [3.8, 4) is 11.5 Å². The van der Waals surface area contributed by atoms with Crippen LogP contribution in [0.25, 0.3) is 0 Å². The molecule has 0 spiro atoms. The molecule has 0 amide bonds. The van der Waals surface area contributed by atoms with Crippen LogP contribution in [0.15, 0.2) is 36.4 Å². The highest BCUT2D eigenvalue weighted by molar-refractivity contribution is 5.67. The van der Waals surface area contributed by atoms with Crippen LogP contribution in [0.2, 0.25) is 0 Å². The van der Waals surface area contributed by atoms with Crippen LogP contribution in [0.1, 0.15) is 13.8 Å². The van der Waals surface area contributed by atoms with Crippen LogP contribution >= 0.6 is 0 Å². The van der Waals surface area contributed by atoms with E-state index in [1.165, 1.54) is 13.2 Å². The van der Waals surface area contributed by atoms with Gasteiger partial charge in [-0.2, -0.15) is 0 Å². The molecule has 0 heterocycles. The summed E-state index contributed by atoms with van der Waals surface area (Å²) in [7, 11) is 1.43. The van der Waals surface area contributed by atoms with Gasteiger partial charge in [0.2, 0.25) is 0 Å². The summed E-state index contributed by atoms with van der Waals surface area (Å²) in [5.74, 6) is 0.462. The minimum Gasteiger partial charge on any atom is -0.494 e. The SMILES string of the molecule is COc1cc(Nc2cc(N)cc(OC(C)C)c2)ccc1F. The first kappa shape index (κ1) is 15.0. The molecule has 0 unspecified atom stereocenters. The summed E-state index contributed by atoms with van der Waals surface area (Å²) in [6.45, 7) is 3.89. The van der Waals surface area contributed by atoms with E-state index in [0.717, 1.165) is 5.69 Å². The van der Waals surface area contributed by atoms with Crippen molar-refractivity contribution in [2.45, 2.75) is 20.0 Å². The summed E-state index contributed by atoms with van der Waals surface area (Å²) in [6, 6.07) is 9.94. The highest BCUT2D eigenvalue weighted by Crippen LogP contribution is 2.28. The maximum Gasteiger partial charge on any atom is 0.165 e. The smallest absolute Gasteiger partial charge is 0.165 e. The average molecular weight is 290 g/mol. The van der Waals surface area contributed by atoms with Gasteiger partial charge in [0.25, 0.3) is 0 Å². The molecule has 112 valence electrons. The Kier molecular flexibility index (Phi) is 4.52. The van der Waals surface area contributed by atoms with Crippen molar-refractivity contribution in [1.29, 1.82) is 0 Å². The fraction of sp³-hybridized carbons (Fsp3) is 0.250. The molecule has 4 nitrogen and oxygen atoms in total. The zero-order valence-corrected chi connectivity index (χ0v) is 12.3. The number of methoxy groups -OCH3 is 1. The van der Waals surface area contributed by atoms with Crippen molar-refractivity contribution in [3.63, 3.8) is 0 Å². The molecule has 0 radical (unpaired) electrons. The highest BCUT2D eigenvalue weighted by Gasteiger charge is 2.06. The monoisotopic (exact) mass is 290 g/mol. The quantitative estimate of drug-likeness (QED) is 0.819. The summed E-state index contributed by atoms with van der Waals surface area (Å²) in [4.78, 5) is 0. The number of anilines is 3. The Morgan fingerprint density at radius 2 is 1.86 bits per heavy atom. The standard InChI is InChI=1S/C16H19FN2O2/c1-10(2)21-14-7-11(18)6-13(8-14)19-12-4-5-15(17)16(9-12)20-3/h4-10,19H,18H2,1-3H3. The van der Waals surface area contributed by atoms with Crippen LogP contribution in [0.3, 0.4) is 0 Å². The van der Waals surface area contributed by atoms with Crippen molar-refractivity contribution >= 4 is 17.1 Å². The number of nitrogen functional groups attached to an aromatic ring is 1. The molecule has 0 saturated carbocycles. The van der Waals surface area contributed by atoms with E-state index in [4.69, 9.17) is 15.2 Å². The molecular formula is C16H19FN2O2. The zero-order valence-electron chi connectivity index (χ0n) is 12.3. The average Bonchev–Trinajstić information content (AvgIpc) is 2.39. The van der Waals surface area contributed by atoms with Crippen LogP contribution in [0.4, 0.5) is 21.5 Å². The molecule has 5 heteroatoms. The number of ether oxygens (including phenoxy) is 2. The molecule has 0 aromatic heterocycles. The Labute approximate surface area is 123 Å². The van der Waals surface area contributed by atoms with E-state index >= 15 is 0 Å². The molecule has 0 atom stereocenters. The van der Waals surface area contributed by atoms with Crippen molar-refractivity contribution in [1.82, 2.24) is 0 Å². The fourth-order valence-electron chi connectivity index (χ4n) is 1.94. The Bertz CT molecular complexity index is 630. The zero-order chi connectivity index (χ0) is 15.4. The highest BCUT2D eigenvalue weighted by atomic mass is 19.1. The molecule has 2 aromatic carbocycles. The normalized spacial score (nSPS) is 10.5. The molecule has 21 heavy (non-hydrogen) atoms. The largest absolute Gasteiger partial charge is 0.494 e. The summed E-state index contributed by atoms with van der Waals surface area (Å²) in [6.07, 6.45) is 0.0607. The van der Waals surface area contributed by atoms with Crippen molar-refractivity contribution < 1.29 is 13.9 Å². The summed E-state index contributed by atoms with van der Waals surface area (Å²) >= 11 is 0. The molecule has 2 rings (SSSR count). The van der Waals surface area contributed by atoms with Gasteiger partial charge >= 0.3 is 0 Å². The number of halogens is 1. The van der Waals surface area contributed by atoms with E-state index in [2.05, 4.69) is 5.32 Å². The lowest BCUT2D eigenvalue weighted by molar-refractivity contribution is 0.242. The topological polar surface area (TPSA) is 56.5 Å². The van der Waals surface area contributed by atoms with Gasteiger partial charge in [0, 0.05) is 35.3 Å². The van der Waals surface area contributed by atoms with Gasteiger partial charge in [-0.15, -0.1) is 0 Å². The van der Waals surface area contributed by atoms with Crippen LogP contribution in [-0.2, 0) is 0 Å². The summed E-state index contributed by atoms with van der Waals surface area (Å²) in [5.41, 5.74) is 7.92. The Morgan fingerprint density at radius 3 is 2.52 bits per heavy atom. The molecule has 0 bridgehead atoms. The third-order valence-electron chi connectivity index (χ3n) is 2.74. The Balaban J connectivity index is 2.24. The summed E-state index contributed by atoms with van der Waals surface area (Å²) in [5, 5.41) is 3.15. The Morgan fingerprint density at radius 1 is 1.10 bits per heavy atom. The van der Waals surface area contributed by atoms with Gasteiger partial charge in [-0.05, 0) is 32.0 Å². The molecule has 2 aromatic rings. The molecule has 0 aliphatic carbocycles. The van der Waals surface area contributed by atoms with E-state index in [1.807, 2.05) is 19.9 Å². The molecule has 0 saturated heterocycles. The van der Waals surface area contributed by atoms with E-state index < -0.39 is 5.82 Å². The number of hydrogen-bond acceptors (Lipinski definition) is 4. The van der Waals surface area contributed by atoms with Crippen LogP contribution in [0, 0.1) is 5.82 Å². The first-order valence-electron chi connectivity index (χ1n) is 6.65. The molecule has 3 N–H and O–H groups in total. The van der Waals surface area contributed by atoms with Crippen LogP contribution < -0.4 is 20.5 Å². The van der Waals surface area contributed by atoms with Gasteiger partial charge in [0.15, 0.2) is 11.6 Å². The van der Waals surface area contributed by atoms with Crippen molar-refractivity contribution in [2.24, 2.45) is 0 Å². The maximum absolute atomic E-state index is 13.4. The second-order valence-electron chi connectivity index (χ2n) is 4.93. The maximum atomic E-state index is 13.4. The third kappa shape index (κ3) is 4.02.